The Morgan fingerprint density at radius 2 is 2.08 bits per heavy atom. The van der Waals surface area contributed by atoms with Crippen LogP contribution in [-0.2, 0) is 11.3 Å². The van der Waals surface area contributed by atoms with Gasteiger partial charge in [0.05, 0.1) is 10.2 Å². The fourth-order valence-electron chi connectivity index (χ4n) is 3.81. The predicted molar refractivity (Wildman–Crippen MR) is 99.3 cm³/mol. The number of piperidine rings is 1. The van der Waals surface area contributed by atoms with E-state index in [1.54, 1.807) is 11.3 Å². The first-order valence-electron chi connectivity index (χ1n) is 8.74. The first-order chi connectivity index (χ1) is 12.0. The van der Waals surface area contributed by atoms with E-state index in [-0.39, 0.29) is 24.1 Å². The van der Waals surface area contributed by atoms with E-state index in [0.29, 0.717) is 5.52 Å². The summed E-state index contributed by atoms with van der Waals surface area (Å²) in [4.78, 5) is 28.6. The van der Waals surface area contributed by atoms with Crippen LogP contribution in [0.15, 0.2) is 16.9 Å². The third-order valence-electron chi connectivity index (χ3n) is 5.06. The van der Waals surface area contributed by atoms with Crippen LogP contribution in [0.3, 0.4) is 0 Å². The second-order valence-corrected chi connectivity index (χ2v) is 8.20. The van der Waals surface area contributed by atoms with E-state index >= 15 is 0 Å². The van der Waals surface area contributed by atoms with Crippen molar-refractivity contribution in [2.75, 3.05) is 6.54 Å². The van der Waals surface area contributed by atoms with Gasteiger partial charge in [-0.15, -0.1) is 11.3 Å². The molecule has 7 heteroatoms. The fraction of sp³-hybridized carbons (Fsp3) is 0.500. The summed E-state index contributed by atoms with van der Waals surface area (Å²) in [6, 6.07) is 4.23. The van der Waals surface area contributed by atoms with Crippen molar-refractivity contribution in [3.05, 3.63) is 33.2 Å². The number of fused-ring (bicyclic) bond motifs is 3. The van der Waals surface area contributed by atoms with Crippen LogP contribution in [-0.4, -0.2) is 37.6 Å². The molecule has 4 heterocycles. The average molecular weight is 358 g/mol. The normalized spacial score (nSPS) is 18.4. The number of nitrogens with zero attached hydrogens (tertiary/aromatic N) is 4. The van der Waals surface area contributed by atoms with Gasteiger partial charge in [0, 0.05) is 17.5 Å². The van der Waals surface area contributed by atoms with E-state index in [1.165, 1.54) is 9.56 Å². The lowest BCUT2D eigenvalue weighted by molar-refractivity contribution is -0.135. The van der Waals surface area contributed by atoms with Gasteiger partial charge in [-0.25, -0.2) is 4.68 Å². The zero-order valence-corrected chi connectivity index (χ0v) is 15.6. The first-order valence-corrected chi connectivity index (χ1v) is 9.56. The molecule has 1 atom stereocenters. The largest absolute Gasteiger partial charge is 0.338 e. The van der Waals surface area contributed by atoms with Crippen molar-refractivity contribution in [2.24, 2.45) is 0 Å². The van der Waals surface area contributed by atoms with Gasteiger partial charge in [-0.3, -0.25) is 14.0 Å². The number of aromatic nitrogens is 3. The number of hydrogen-bond donors (Lipinski definition) is 0. The lowest BCUT2D eigenvalue weighted by atomic mass is 10.0. The monoisotopic (exact) mass is 358 g/mol. The highest BCUT2D eigenvalue weighted by molar-refractivity contribution is 7.19. The van der Waals surface area contributed by atoms with Crippen LogP contribution in [0.2, 0.25) is 0 Å². The Hall–Kier alpha value is -2.15. The van der Waals surface area contributed by atoms with Gasteiger partial charge in [0.15, 0.2) is 0 Å². The summed E-state index contributed by atoms with van der Waals surface area (Å²) >= 11 is 1.67. The molecule has 1 aliphatic rings. The fourth-order valence-corrected chi connectivity index (χ4v) is 4.76. The predicted octanol–water partition coefficient (Wildman–Crippen LogP) is 2.73. The Kier molecular flexibility index (Phi) is 3.91. The molecule has 1 aliphatic heterocycles. The lowest BCUT2D eigenvalue weighted by Gasteiger charge is -2.33. The van der Waals surface area contributed by atoms with Crippen LogP contribution >= 0.6 is 11.3 Å². The van der Waals surface area contributed by atoms with E-state index in [0.717, 1.165) is 41.8 Å². The highest BCUT2D eigenvalue weighted by Crippen LogP contribution is 2.28. The zero-order chi connectivity index (χ0) is 17.7. The van der Waals surface area contributed by atoms with Gasteiger partial charge in [0.1, 0.15) is 17.9 Å². The smallest absolute Gasteiger partial charge is 0.291 e. The summed E-state index contributed by atoms with van der Waals surface area (Å²) in [5, 5.41) is 4.42. The third kappa shape index (κ3) is 2.66. The van der Waals surface area contributed by atoms with Crippen LogP contribution in [0, 0.1) is 13.8 Å². The number of carbonyl (C=O) groups is 1. The molecule has 0 bridgehead atoms. The molecule has 6 nitrogen and oxygen atoms in total. The van der Waals surface area contributed by atoms with E-state index < -0.39 is 0 Å². The maximum atomic E-state index is 12.8. The Labute approximate surface area is 149 Å². The Balaban J connectivity index is 1.74. The molecule has 25 heavy (non-hydrogen) atoms. The van der Waals surface area contributed by atoms with Gasteiger partial charge in [-0.2, -0.15) is 5.10 Å². The molecule has 0 saturated carbocycles. The number of hydrogen-bond acceptors (Lipinski definition) is 4. The average Bonchev–Trinajstić information content (AvgIpc) is 3.08. The number of aryl methyl sites for hydroxylation is 2. The molecule has 4 rings (SSSR count). The Bertz CT molecular complexity index is 1030. The number of rotatable bonds is 2. The Morgan fingerprint density at radius 3 is 2.84 bits per heavy atom. The summed E-state index contributed by atoms with van der Waals surface area (Å²) in [7, 11) is 0. The number of thiophene rings is 1. The van der Waals surface area contributed by atoms with Gasteiger partial charge in [-0.05, 0) is 52.2 Å². The Morgan fingerprint density at radius 1 is 1.28 bits per heavy atom. The molecule has 0 N–H and O–H groups in total. The molecule has 1 saturated heterocycles. The highest BCUT2D eigenvalue weighted by atomic mass is 32.1. The van der Waals surface area contributed by atoms with Crippen molar-refractivity contribution < 1.29 is 4.79 Å². The van der Waals surface area contributed by atoms with E-state index in [2.05, 4.69) is 25.0 Å². The molecule has 1 amide bonds. The van der Waals surface area contributed by atoms with Crippen LogP contribution in [0.5, 0.6) is 0 Å². The summed E-state index contributed by atoms with van der Waals surface area (Å²) < 4.78 is 4.30. The van der Waals surface area contributed by atoms with Gasteiger partial charge >= 0.3 is 0 Å². The molecule has 0 aromatic carbocycles. The molecule has 1 fully saturated rings. The highest BCUT2D eigenvalue weighted by Gasteiger charge is 2.24. The third-order valence-corrected chi connectivity index (χ3v) is 6.05. The van der Waals surface area contributed by atoms with Crippen LogP contribution < -0.4 is 5.56 Å². The zero-order valence-electron chi connectivity index (χ0n) is 14.8. The maximum Gasteiger partial charge on any atom is 0.291 e. The summed E-state index contributed by atoms with van der Waals surface area (Å²) in [6.07, 6.45) is 3.22. The van der Waals surface area contributed by atoms with Gasteiger partial charge in [-0.1, -0.05) is 0 Å². The summed E-state index contributed by atoms with van der Waals surface area (Å²) in [5.74, 6) is 0.705. The molecule has 3 aromatic rings. The van der Waals surface area contributed by atoms with Crippen molar-refractivity contribution >= 4 is 33.0 Å². The molecular weight excluding hydrogens is 336 g/mol. The minimum atomic E-state index is -0.204. The first kappa shape index (κ1) is 16.3. The van der Waals surface area contributed by atoms with Gasteiger partial charge < -0.3 is 4.90 Å². The maximum absolute atomic E-state index is 12.8. The standard InChI is InChI=1S/C18H22N4O2S/c1-11-6-4-5-7-20(11)17(23)10-21-18(24)15-9-16-14(8-12(2)25-16)22(15)13(3)19-21/h8-9,11H,4-7,10H2,1-3H3/t11-/m0/s1. The minimum Gasteiger partial charge on any atom is -0.338 e. The van der Waals surface area contributed by atoms with Gasteiger partial charge in [0.2, 0.25) is 5.91 Å². The molecule has 0 radical (unpaired) electrons. The topological polar surface area (TPSA) is 59.6 Å². The van der Waals surface area contributed by atoms with Crippen molar-refractivity contribution in [3.8, 4) is 0 Å². The number of likely N-dealkylation sites (tertiary alicyclic amines) is 1. The van der Waals surface area contributed by atoms with E-state index in [9.17, 15) is 9.59 Å². The second kappa shape index (κ2) is 5.98. The van der Waals surface area contributed by atoms with Crippen LogP contribution in [0.25, 0.3) is 15.7 Å². The quantitative estimate of drug-likeness (QED) is 0.708. The molecular formula is C18H22N4O2S. The van der Waals surface area contributed by atoms with Crippen LogP contribution in [0.1, 0.15) is 36.9 Å². The molecule has 3 aromatic heterocycles. The number of carbonyl (C=O) groups excluding carboxylic acids is 1. The van der Waals surface area contributed by atoms with E-state index in [1.807, 2.05) is 22.3 Å². The van der Waals surface area contributed by atoms with E-state index in [4.69, 9.17) is 0 Å². The van der Waals surface area contributed by atoms with Gasteiger partial charge in [0.25, 0.3) is 5.56 Å². The second-order valence-electron chi connectivity index (χ2n) is 6.91. The van der Waals surface area contributed by atoms with Crippen molar-refractivity contribution in [1.29, 1.82) is 0 Å². The lowest BCUT2D eigenvalue weighted by Crippen LogP contribution is -2.45. The molecule has 0 aliphatic carbocycles. The molecule has 0 unspecified atom stereocenters. The van der Waals surface area contributed by atoms with Crippen molar-refractivity contribution in [1.82, 2.24) is 19.1 Å². The SMILES string of the molecule is Cc1cc2c(cc3c(=O)n(CC(=O)N4CCCC[C@@H]4C)nc(C)n32)s1. The minimum absolute atomic E-state index is 0.0123. The summed E-state index contributed by atoms with van der Waals surface area (Å²) in [6.45, 7) is 6.79. The van der Waals surface area contributed by atoms with Crippen LogP contribution in [0.4, 0.5) is 0 Å². The molecule has 132 valence electrons. The van der Waals surface area contributed by atoms with Crippen molar-refractivity contribution in [3.63, 3.8) is 0 Å². The molecule has 0 spiro atoms. The van der Waals surface area contributed by atoms with Crippen molar-refractivity contribution in [2.45, 2.75) is 52.6 Å². The summed E-state index contributed by atoms with van der Waals surface area (Å²) in [5.41, 5.74) is 1.40. The number of amides is 1.